The number of hydrogen-bond acceptors (Lipinski definition) is 1. The third kappa shape index (κ3) is 3.88. The first kappa shape index (κ1) is 13.2. The highest BCUT2D eigenvalue weighted by Crippen LogP contribution is 2.14. The molecule has 0 aliphatic rings. The van der Waals surface area contributed by atoms with Gasteiger partial charge in [-0.05, 0) is 36.2 Å². The van der Waals surface area contributed by atoms with Gasteiger partial charge >= 0.3 is 6.03 Å². The molecule has 0 radical (unpaired) electrons. The zero-order chi connectivity index (χ0) is 13.7. The van der Waals surface area contributed by atoms with Gasteiger partial charge in [0.05, 0.1) is 0 Å². The van der Waals surface area contributed by atoms with E-state index in [2.05, 4.69) is 24.5 Å². The summed E-state index contributed by atoms with van der Waals surface area (Å²) in [7, 11) is 0. The molecule has 4 nitrogen and oxygen atoms in total. The van der Waals surface area contributed by atoms with Crippen LogP contribution >= 0.6 is 0 Å². The third-order valence-corrected chi connectivity index (χ3v) is 2.68. The molecule has 0 saturated carbocycles. The Morgan fingerprint density at radius 2 is 1.95 bits per heavy atom. The molecule has 0 fully saturated rings. The summed E-state index contributed by atoms with van der Waals surface area (Å²) in [6, 6.07) is 11.5. The third-order valence-electron chi connectivity index (χ3n) is 2.68. The van der Waals surface area contributed by atoms with E-state index in [9.17, 15) is 4.79 Å². The molecule has 0 aliphatic heterocycles. The standard InChI is InChI=1S/C15H19N3O/c1-12(2)11-16-15(19)17-13-6-5-7-14(10-13)18-8-3-4-9-18/h3-10,12H,11H2,1-2H3,(H2,16,17,19). The Hall–Kier alpha value is -2.23. The van der Waals surface area contributed by atoms with Crippen LogP contribution < -0.4 is 10.6 Å². The quantitative estimate of drug-likeness (QED) is 0.867. The van der Waals surface area contributed by atoms with Gasteiger partial charge in [-0.15, -0.1) is 0 Å². The molecule has 1 heterocycles. The van der Waals surface area contributed by atoms with Crippen LogP contribution in [-0.4, -0.2) is 17.1 Å². The SMILES string of the molecule is CC(C)CNC(=O)Nc1cccc(-n2cccc2)c1. The van der Waals surface area contributed by atoms with E-state index in [0.717, 1.165) is 11.4 Å². The minimum absolute atomic E-state index is 0.168. The van der Waals surface area contributed by atoms with E-state index >= 15 is 0 Å². The lowest BCUT2D eigenvalue weighted by Gasteiger charge is -2.10. The first-order chi connectivity index (χ1) is 9.15. The Morgan fingerprint density at radius 3 is 2.63 bits per heavy atom. The fourth-order valence-corrected chi connectivity index (χ4v) is 1.72. The Bertz CT molecular complexity index is 532. The topological polar surface area (TPSA) is 46.1 Å². The molecule has 2 aromatic rings. The minimum Gasteiger partial charge on any atom is -0.338 e. The summed E-state index contributed by atoms with van der Waals surface area (Å²) >= 11 is 0. The van der Waals surface area contributed by atoms with E-state index in [4.69, 9.17) is 0 Å². The molecule has 2 amide bonds. The zero-order valence-electron chi connectivity index (χ0n) is 11.3. The first-order valence-electron chi connectivity index (χ1n) is 6.43. The number of urea groups is 1. The van der Waals surface area contributed by atoms with Crippen LogP contribution in [0.5, 0.6) is 0 Å². The largest absolute Gasteiger partial charge is 0.338 e. The summed E-state index contributed by atoms with van der Waals surface area (Å²) in [5.74, 6) is 0.442. The predicted octanol–water partition coefficient (Wildman–Crippen LogP) is 3.25. The van der Waals surface area contributed by atoms with E-state index in [0.29, 0.717) is 12.5 Å². The predicted molar refractivity (Wildman–Crippen MR) is 77.6 cm³/mol. The molecule has 0 aliphatic carbocycles. The number of carbonyl (C=O) groups is 1. The number of benzene rings is 1. The van der Waals surface area contributed by atoms with Crippen LogP contribution in [0, 0.1) is 5.92 Å². The molecule has 2 rings (SSSR count). The van der Waals surface area contributed by atoms with Crippen molar-refractivity contribution in [2.75, 3.05) is 11.9 Å². The average molecular weight is 257 g/mol. The van der Waals surface area contributed by atoms with Crippen molar-refractivity contribution >= 4 is 11.7 Å². The Labute approximate surface area is 113 Å². The summed E-state index contributed by atoms with van der Waals surface area (Å²) in [4.78, 5) is 11.7. The van der Waals surface area contributed by atoms with Crippen LogP contribution in [0.4, 0.5) is 10.5 Å². The van der Waals surface area contributed by atoms with E-state index < -0.39 is 0 Å². The molecule has 100 valence electrons. The fraction of sp³-hybridized carbons (Fsp3) is 0.267. The first-order valence-corrected chi connectivity index (χ1v) is 6.43. The second kappa shape index (κ2) is 6.09. The Kier molecular flexibility index (Phi) is 4.23. The maximum atomic E-state index is 11.7. The summed E-state index contributed by atoms with van der Waals surface area (Å²) in [6.45, 7) is 4.79. The van der Waals surface area contributed by atoms with Crippen molar-refractivity contribution in [3.05, 3.63) is 48.8 Å². The van der Waals surface area contributed by atoms with Gasteiger partial charge in [-0.2, -0.15) is 0 Å². The summed E-state index contributed by atoms with van der Waals surface area (Å²) in [5, 5.41) is 5.66. The van der Waals surface area contributed by atoms with Crippen LogP contribution in [0.1, 0.15) is 13.8 Å². The van der Waals surface area contributed by atoms with Gasteiger partial charge in [0, 0.05) is 30.3 Å². The summed E-state index contributed by atoms with van der Waals surface area (Å²) < 4.78 is 2.00. The molecule has 1 aromatic heterocycles. The van der Waals surface area contributed by atoms with Crippen molar-refractivity contribution in [2.45, 2.75) is 13.8 Å². The number of amides is 2. The lowest BCUT2D eigenvalue weighted by molar-refractivity contribution is 0.251. The molecule has 19 heavy (non-hydrogen) atoms. The van der Waals surface area contributed by atoms with Crippen molar-refractivity contribution in [2.24, 2.45) is 5.92 Å². The highest BCUT2D eigenvalue weighted by molar-refractivity contribution is 5.89. The van der Waals surface area contributed by atoms with Gasteiger partial charge in [0.15, 0.2) is 0 Å². The molecule has 2 N–H and O–H groups in total. The molecule has 0 bridgehead atoms. The van der Waals surface area contributed by atoms with Crippen molar-refractivity contribution < 1.29 is 4.79 Å². The van der Waals surface area contributed by atoms with Crippen molar-refractivity contribution in [3.63, 3.8) is 0 Å². The van der Waals surface area contributed by atoms with Gasteiger partial charge in [0.25, 0.3) is 0 Å². The molecule has 0 saturated heterocycles. The second-order valence-corrected chi connectivity index (χ2v) is 4.87. The lowest BCUT2D eigenvalue weighted by Crippen LogP contribution is -2.31. The highest BCUT2D eigenvalue weighted by atomic mass is 16.2. The Morgan fingerprint density at radius 1 is 1.21 bits per heavy atom. The van der Waals surface area contributed by atoms with E-state index in [1.165, 1.54) is 0 Å². The van der Waals surface area contributed by atoms with Crippen LogP contribution in [0.25, 0.3) is 5.69 Å². The van der Waals surface area contributed by atoms with Crippen LogP contribution in [0.15, 0.2) is 48.8 Å². The van der Waals surface area contributed by atoms with Gasteiger partial charge in [-0.25, -0.2) is 4.79 Å². The molecular formula is C15H19N3O. The van der Waals surface area contributed by atoms with Crippen molar-refractivity contribution in [1.29, 1.82) is 0 Å². The minimum atomic E-state index is -0.168. The number of nitrogens with zero attached hydrogens (tertiary/aromatic N) is 1. The van der Waals surface area contributed by atoms with Crippen LogP contribution in [-0.2, 0) is 0 Å². The molecule has 1 aromatic carbocycles. The van der Waals surface area contributed by atoms with E-state index in [-0.39, 0.29) is 6.03 Å². The number of hydrogen-bond donors (Lipinski definition) is 2. The molecule has 0 spiro atoms. The average Bonchev–Trinajstić information content (AvgIpc) is 2.90. The smallest absolute Gasteiger partial charge is 0.319 e. The normalized spacial score (nSPS) is 10.5. The van der Waals surface area contributed by atoms with Crippen molar-refractivity contribution in [3.8, 4) is 5.69 Å². The summed E-state index contributed by atoms with van der Waals surface area (Å²) in [5.41, 5.74) is 1.80. The van der Waals surface area contributed by atoms with E-state index in [1.807, 2.05) is 53.4 Å². The molecular weight excluding hydrogens is 238 g/mol. The number of aromatic nitrogens is 1. The second-order valence-electron chi connectivity index (χ2n) is 4.87. The lowest BCUT2D eigenvalue weighted by atomic mass is 10.2. The van der Waals surface area contributed by atoms with Crippen LogP contribution in [0.2, 0.25) is 0 Å². The van der Waals surface area contributed by atoms with Gasteiger partial charge < -0.3 is 15.2 Å². The van der Waals surface area contributed by atoms with E-state index in [1.54, 1.807) is 0 Å². The van der Waals surface area contributed by atoms with Crippen molar-refractivity contribution in [1.82, 2.24) is 9.88 Å². The number of rotatable bonds is 4. The van der Waals surface area contributed by atoms with Gasteiger partial charge in [-0.3, -0.25) is 0 Å². The number of nitrogens with one attached hydrogen (secondary N) is 2. The number of carbonyl (C=O) groups excluding carboxylic acids is 1. The fourth-order valence-electron chi connectivity index (χ4n) is 1.72. The number of anilines is 1. The van der Waals surface area contributed by atoms with Crippen LogP contribution in [0.3, 0.4) is 0 Å². The maximum Gasteiger partial charge on any atom is 0.319 e. The maximum absolute atomic E-state index is 11.7. The van der Waals surface area contributed by atoms with Gasteiger partial charge in [-0.1, -0.05) is 19.9 Å². The summed E-state index contributed by atoms with van der Waals surface area (Å²) in [6.07, 6.45) is 3.94. The molecule has 4 heteroatoms. The highest BCUT2D eigenvalue weighted by Gasteiger charge is 2.03. The monoisotopic (exact) mass is 257 g/mol. The van der Waals surface area contributed by atoms with Gasteiger partial charge in [0.1, 0.15) is 0 Å². The molecule has 0 unspecified atom stereocenters. The molecule has 0 atom stereocenters. The zero-order valence-corrected chi connectivity index (χ0v) is 11.3. The van der Waals surface area contributed by atoms with Gasteiger partial charge in [0.2, 0.25) is 0 Å². The Balaban J connectivity index is 2.01.